The van der Waals surface area contributed by atoms with Crippen LogP contribution in [-0.2, 0) is 6.42 Å². The first-order chi connectivity index (χ1) is 10.3. The summed E-state index contributed by atoms with van der Waals surface area (Å²) in [5, 5.41) is 1.08. The van der Waals surface area contributed by atoms with Gasteiger partial charge in [-0.1, -0.05) is 58.4 Å². The van der Waals surface area contributed by atoms with Gasteiger partial charge in [0.05, 0.1) is 7.11 Å². The number of benzene rings is 2. The van der Waals surface area contributed by atoms with E-state index in [-0.39, 0.29) is 0 Å². The van der Waals surface area contributed by atoms with Crippen molar-refractivity contribution in [3.63, 3.8) is 0 Å². The molecule has 0 aromatic heterocycles. The number of rotatable bonds is 6. The summed E-state index contributed by atoms with van der Waals surface area (Å²) < 4.78 is 5.23. The molecule has 3 atom stereocenters. The lowest BCUT2D eigenvalue weighted by Crippen LogP contribution is -2.10. The molecule has 2 aromatic carbocycles. The van der Waals surface area contributed by atoms with Crippen molar-refractivity contribution >= 4 is 15.9 Å². The molecule has 0 heterocycles. The van der Waals surface area contributed by atoms with Crippen molar-refractivity contribution in [2.75, 3.05) is 12.4 Å². The third-order valence-corrected chi connectivity index (χ3v) is 5.36. The van der Waals surface area contributed by atoms with Crippen LogP contribution in [0, 0.1) is 11.8 Å². The standard InChI is InChI=1S/C19H21BrO/c1-21-17-9-7-14(8-10-17)11-16(13-20)19-12-18(19)15-5-3-2-4-6-15/h2-10,16,18-19H,11-13H2,1H3. The number of methoxy groups -OCH3 is 1. The fraction of sp³-hybridized carbons (Fsp3) is 0.368. The van der Waals surface area contributed by atoms with E-state index in [0.717, 1.165) is 29.3 Å². The minimum Gasteiger partial charge on any atom is -0.497 e. The summed E-state index contributed by atoms with van der Waals surface area (Å²) in [5.74, 6) is 3.22. The maximum absolute atomic E-state index is 5.23. The Morgan fingerprint density at radius 2 is 1.81 bits per heavy atom. The summed E-state index contributed by atoms with van der Waals surface area (Å²) in [5.41, 5.74) is 2.90. The molecule has 0 amide bonds. The highest BCUT2D eigenvalue weighted by molar-refractivity contribution is 9.09. The fourth-order valence-corrected chi connectivity index (χ4v) is 3.91. The van der Waals surface area contributed by atoms with Crippen LogP contribution in [0.25, 0.3) is 0 Å². The van der Waals surface area contributed by atoms with Gasteiger partial charge < -0.3 is 4.74 Å². The van der Waals surface area contributed by atoms with Crippen molar-refractivity contribution in [1.29, 1.82) is 0 Å². The first-order valence-electron chi connectivity index (χ1n) is 7.55. The van der Waals surface area contributed by atoms with Gasteiger partial charge in [-0.05, 0) is 53.9 Å². The monoisotopic (exact) mass is 344 g/mol. The first kappa shape index (κ1) is 14.6. The van der Waals surface area contributed by atoms with Gasteiger partial charge in [-0.15, -0.1) is 0 Å². The second kappa shape index (κ2) is 6.65. The molecule has 0 bridgehead atoms. The summed E-state index contributed by atoms with van der Waals surface area (Å²) in [6.07, 6.45) is 2.47. The summed E-state index contributed by atoms with van der Waals surface area (Å²) in [6, 6.07) is 19.4. The Bertz CT molecular complexity index is 564. The number of ether oxygens (including phenoxy) is 1. The zero-order valence-corrected chi connectivity index (χ0v) is 13.9. The molecule has 110 valence electrons. The zero-order valence-electron chi connectivity index (χ0n) is 12.3. The Kier molecular flexibility index (Phi) is 4.64. The van der Waals surface area contributed by atoms with Crippen molar-refractivity contribution < 1.29 is 4.74 Å². The molecule has 1 fully saturated rings. The van der Waals surface area contributed by atoms with Gasteiger partial charge in [0.1, 0.15) is 5.75 Å². The van der Waals surface area contributed by atoms with Crippen molar-refractivity contribution in [2.24, 2.45) is 11.8 Å². The highest BCUT2D eigenvalue weighted by Gasteiger charge is 2.42. The van der Waals surface area contributed by atoms with Crippen LogP contribution in [0.15, 0.2) is 54.6 Å². The maximum Gasteiger partial charge on any atom is 0.118 e. The van der Waals surface area contributed by atoms with Gasteiger partial charge >= 0.3 is 0 Å². The molecular formula is C19H21BrO. The number of hydrogen-bond acceptors (Lipinski definition) is 1. The van der Waals surface area contributed by atoms with Gasteiger partial charge in [-0.2, -0.15) is 0 Å². The molecule has 3 unspecified atom stereocenters. The van der Waals surface area contributed by atoms with Crippen LogP contribution in [0.1, 0.15) is 23.5 Å². The van der Waals surface area contributed by atoms with Crippen molar-refractivity contribution in [2.45, 2.75) is 18.8 Å². The molecule has 0 saturated heterocycles. The van der Waals surface area contributed by atoms with Gasteiger partial charge in [0.25, 0.3) is 0 Å². The molecule has 3 rings (SSSR count). The molecule has 2 heteroatoms. The number of halogens is 1. The number of hydrogen-bond donors (Lipinski definition) is 0. The van der Waals surface area contributed by atoms with E-state index in [1.807, 2.05) is 0 Å². The first-order valence-corrected chi connectivity index (χ1v) is 8.68. The van der Waals surface area contributed by atoms with Gasteiger partial charge in [-0.3, -0.25) is 0 Å². The molecule has 1 aliphatic carbocycles. The van der Waals surface area contributed by atoms with Gasteiger partial charge in [0.15, 0.2) is 0 Å². The normalized spacial score (nSPS) is 21.8. The Hall–Kier alpha value is -1.28. The average Bonchev–Trinajstić information content (AvgIpc) is 3.34. The third kappa shape index (κ3) is 3.49. The minimum atomic E-state index is 0.712. The van der Waals surface area contributed by atoms with Crippen molar-refractivity contribution in [3.8, 4) is 5.75 Å². The zero-order chi connectivity index (χ0) is 14.7. The Balaban J connectivity index is 1.64. The van der Waals surface area contributed by atoms with Crippen LogP contribution < -0.4 is 4.74 Å². The van der Waals surface area contributed by atoms with Gasteiger partial charge in [0, 0.05) is 5.33 Å². The Labute approximate surface area is 135 Å². The van der Waals surface area contributed by atoms with E-state index in [1.165, 1.54) is 17.5 Å². The van der Waals surface area contributed by atoms with Crippen molar-refractivity contribution in [3.05, 3.63) is 65.7 Å². The smallest absolute Gasteiger partial charge is 0.118 e. The van der Waals surface area contributed by atoms with E-state index in [9.17, 15) is 0 Å². The van der Waals surface area contributed by atoms with E-state index in [1.54, 1.807) is 7.11 Å². The van der Waals surface area contributed by atoms with E-state index < -0.39 is 0 Å². The van der Waals surface area contributed by atoms with E-state index in [2.05, 4.69) is 70.5 Å². The predicted octanol–water partition coefficient (Wildman–Crippen LogP) is 5.05. The lowest BCUT2D eigenvalue weighted by Gasteiger charge is -2.14. The molecule has 0 spiro atoms. The maximum atomic E-state index is 5.23. The topological polar surface area (TPSA) is 9.23 Å². The highest BCUT2D eigenvalue weighted by Crippen LogP contribution is 2.52. The second-order valence-electron chi connectivity index (χ2n) is 5.88. The lowest BCUT2D eigenvalue weighted by molar-refractivity contribution is 0.414. The summed E-state index contributed by atoms with van der Waals surface area (Å²) in [4.78, 5) is 0. The molecule has 0 aliphatic heterocycles. The molecule has 1 nitrogen and oxygen atoms in total. The molecule has 2 aromatic rings. The largest absolute Gasteiger partial charge is 0.497 e. The van der Waals surface area contributed by atoms with Crippen LogP contribution in [0.4, 0.5) is 0 Å². The van der Waals surface area contributed by atoms with Gasteiger partial charge in [0.2, 0.25) is 0 Å². The number of alkyl halides is 1. The van der Waals surface area contributed by atoms with Crippen LogP contribution in [0.2, 0.25) is 0 Å². The van der Waals surface area contributed by atoms with Gasteiger partial charge in [-0.25, -0.2) is 0 Å². The predicted molar refractivity (Wildman–Crippen MR) is 91.3 cm³/mol. The van der Waals surface area contributed by atoms with E-state index in [4.69, 9.17) is 4.74 Å². The Morgan fingerprint density at radius 3 is 2.43 bits per heavy atom. The SMILES string of the molecule is COc1ccc(CC(CBr)C2CC2c2ccccc2)cc1. The quantitative estimate of drug-likeness (QED) is 0.666. The highest BCUT2D eigenvalue weighted by atomic mass is 79.9. The molecule has 0 N–H and O–H groups in total. The summed E-state index contributed by atoms with van der Waals surface area (Å²) >= 11 is 3.72. The van der Waals surface area contributed by atoms with Crippen molar-refractivity contribution in [1.82, 2.24) is 0 Å². The fourth-order valence-electron chi connectivity index (χ4n) is 3.20. The van der Waals surface area contributed by atoms with E-state index in [0.29, 0.717) is 5.92 Å². The Morgan fingerprint density at radius 1 is 1.10 bits per heavy atom. The molecule has 1 saturated carbocycles. The van der Waals surface area contributed by atoms with E-state index >= 15 is 0 Å². The second-order valence-corrected chi connectivity index (χ2v) is 6.53. The lowest BCUT2D eigenvalue weighted by atomic mass is 9.94. The molecular weight excluding hydrogens is 324 g/mol. The molecule has 21 heavy (non-hydrogen) atoms. The van der Waals surface area contributed by atoms with Crippen LogP contribution in [0.3, 0.4) is 0 Å². The van der Waals surface area contributed by atoms with Crippen LogP contribution >= 0.6 is 15.9 Å². The molecule has 1 aliphatic rings. The third-order valence-electron chi connectivity index (χ3n) is 4.53. The molecule has 0 radical (unpaired) electrons. The minimum absolute atomic E-state index is 0.712. The van der Waals surface area contributed by atoms with Crippen LogP contribution in [0.5, 0.6) is 5.75 Å². The summed E-state index contributed by atoms with van der Waals surface area (Å²) in [7, 11) is 1.71. The van der Waals surface area contributed by atoms with Crippen LogP contribution in [-0.4, -0.2) is 12.4 Å². The average molecular weight is 345 g/mol. The summed E-state index contributed by atoms with van der Waals surface area (Å²) in [6.45, 7) is 0.